The van der Waals surface area contributed by atoms with Gasteiger partial charge < -0.3 is 0 Å². The van der Waals surface area contributed by atoms with Crippen molar-refractivity contribution in [3.63, 3.8) is 0 Å². The van der Waals surface area contributed by atoms with E-state index in [2.05, 4.69) is 31.2 Å². The van der Waals surface area contributed by atoms with Gasteiger partial charge in [0.25, 0.3) is 0 Å². The summed E-state index contributed by atoms with van der Waals surface area (Å²) in [6.07, 6.45) is 6.73. The van der Waals surface area contributed by atoms with Crippen LogP contribution in [0, 0.1) is 0 Å². The van der Waals surface area contributed by atoms with Gasteiger partial charge in [0.1, 0.15) is 0 Å². The summed E-state index contributed by atoms with van der Waals surface area (Å²) >= 11 is 1.24. The maximum atomic E-state index is 2.28. The van der Waals surface area contributed by atoms with Gasteiger partial charge in [-0.15, -0.1) is 0 Å². The van der Waals surface area contributed by atoms with Crippen molar-refractivity contribution in [3.8, 4) is 0 Å². The third kappa shape index (κ3) is 4.72. The van der Waals surface area contributed by atoms with Crippen LogP contribution in [0.4, 0.5) is 0 Å². The van der Waals surface area contributed by atoms with Gasteiger partial charge in [0, 0.05) is 0 Å². The Morgan fingerprint density at radius 1 is 1.00 bits per heavy atom. The van der Waals surface area contributed by atoms with Crippen LogP contribution >= 0.6 is 0 Å². The monoisotopic (exact) mass is 284 g/mol. The van der Waals surface area contributed by atoms with Crippen LogP contribution in [0.3, 0.4) is 0 Å². The second-order valence-electron chi connectivity index (χ2n) is 3.55. The minimum absolute atomic E-state index is 1.24. The van der Waals surface area contributed by atoms with E-state index in [0.29, 0.717) is 0 Å². The molecule has 13 heavy (non-hydrogen) atoms. The van der Waals surface area contributed by atoms with E-state index in [4.69, 9.17) is 0 Å². The number of rotatable bonds is 5. The van der Waals surface area contributed by atoms with Crippen molar-refractivity contribution in [1.82, 2.24) is 0 Å². The van der Waals surface area contributed by atoms with Crippen LogP contribution in [-0.2, 0) is 6.42 Å². The Hall–Kier alpha value is 0.0382. The van der Waals surface area contributed by atoms with Crippen molar-refractivity contribution in [2.24, 2.45) is 0 Å². The van der Waals surface area contributed by atoms with Crippen molar-refractivity contribution < 1.29 is 0 Å². The number of hydrogen-bond donors (Lipinski definition) is 0. The average molecular weight is 285 g/mol. The van der Waals surface area contributed by atoms with Gasteiger partial charge in [-0.25, -0.2) is 0 Å². The first kappa shape index (κ1) is 11.1. The quantitative estimate of drug-likeness (QED) is 0.574. The molecule has 0 heterocycles. The molecule has 0 unspecified atom stereocenters. The Bertz CT molecular complexity index is 225. The topological polar surface area (TPSA) is 0 Å². The molecule has 0 nitrogen and oxygen atoms in total. The molecule has 0 spiro atoms. The second-order valence-corrected chi connectivity index (χ2v) is 5.45. The van der Waals surface area contributed by atoms with Crippen LogP contribution in [0.1, 0.15) is 38.2 Å². The first-order valence-corrected chi connectivity index (χ1v) is 6.82. The van der Waals surface area contributed by atoms with E-state index < -0.39 is 0 Å². The number of hydrogen-bond acceptors (Lipinski definition) is 0. The molecule has 1 rings (SSSR count). The van der Waals surface area contributed by atoms with Gasteiger partial charge in [-0.2, -0.15) is 0 Å². The van der Waals surface area contributed by atoms with Gasteiger partial charge in [0.15, 0.2) is 0 Å². The van der Waals surface area contributed by atoms with Crippen LogP contribution in [-0.4, -0.2) is 23.0 Å². The molecular formula is C12H19Sb. The van der Waals surface area contributed by atoms with Crippen molar-refractivity contribution >= 4 is 26.5 Å². The third-order valence-electron chi connectivity index (χ3n) is 2.30. The normalized spacial score (nSPS) is 10.3. The molecule has 0 N–H and O–H groups in total. The molecule has 0 fully saturated rings. The molecule has 0 bridgehead atoms. The van der Waals surface area contributed by atoms with Crippen LogP contribution in [0.2, 0.25) is 0 Å². The molecule has 0 aliphatic heterocycles. The SMILES string of the molecule is CCCCCCc1cc[c]([SbH2])cc1. The molecule has 0 atom stereocenters. The van der Waals surface area contributed by atoms with E-state index in [-0.39, 0.29) is 0 Å². The summed E-state index contributed by atoms with van der Waals surface area (Å²) in [5, 5.41) is 0. The van der Waals surface area contributed by atoms with E-state index in [0.717, 1.165) is 0 Å². The molecule has 1 heteroatoms. The first-order chi connectivity index (χ1) is 6.33. The Balaban J connectivity index is 2.25. The average Bonchev–Trinajstić information content (AvgIpc) is 2.15. The molecule has 1 aromatic carbocycles. The van der Waals surface area contributed by atoms with Gasteiger partial charge in [-0.3, -0.25) is 0 Å². The van der Waals surface area contributed by atoms with Crippen LogP contribution in [0.5, 0.6) is 0 Å². The van der Waals surface area contributed by atoms with E-state index in [9.17, 15) is 0 Å². The molecule has 0 aromatic heterocycles. The Morgan fingerprint density at radius 3 is 2.31 bits per heavy atom. The van der Waals surface area contributed by atoms with Crippen molar-refractivity contribution in [3.05, 3.63) is 29.8 Å². The standard InChI is InChI=1S/C12H17.Sb.2H/c1-2-3-4-6-9-12-10-7-5-8-11-12;;;/h7-8,10-11H,2-4,6,9H2,1H3;;;. The van der Waals surface area contributed by atoms with Gasteiger partial charge >= 0.3 is 95.4 Å². The first-order valence-electron chi connectivity index (χ1n) is 5.17. The van der Waals surface area contributed by atoms with Gasteiger partial charge in [0.2, 0.25) is 0 Å². The zero-order valence-corrected chi connectivity index (χ0v) is 11.7. The number of aryl methyl sites for hydroxylation is 1. The molecule has 0 saturated heterocycles. The van der Waals surface area contributed by atoms with Crippen LogP contribution in [0.25, 0.3) is 0 Å². The molecule has 0 amide bonds. The van der Waals surface area contributed by atoms with E-state index in [1.807, 2.05) is 0 Å². The number of benzene rings is 1. The summed E-state index contributed by atoms with van der Waals surface area (Å²) in [5.74, 6) is 0. The fourth-order valence-electron chi connectivity index (χ4n) is 1.44. The molecule has 0 aliphatic rings. The molecule has 0 aliphatic carbocycles. The van der Waals surface area contributed by atoms with Gasteiger partial charge in [-0.05, 0) is 0 Å². The fourth-order valence-corrected chi connectivity index (χ4v) is 1.99. The Morgan fingerprint density at radius 2 is 1.69 bits per heavy atom. The summed E-state index contributed by atoms with van der Waals surface area (Å²) in [6, 6.07) is 9.09. The zero-order valence-electron chi connectivity index (χ0n) is 8.42. The second kappa shape index (κ2) is 6.49. The third-order valence-corrected chi connectivity index (χ3v) is 3.40. The number of unbranched alkanes of at least 4 members (excludes halogenated alkanes) is 3. The summed E-state index contributed by atoms with van der Waals surface area (Å²) in [6.45, 7) is 2.26. The van der Waals surface area contributed by atoms with E-state index >= 15 is 0 Å². The van der Waals surface area contributed by atoms with Crippen LogP contribution < -0.4 is 3.51 Å². The fraction of sp³-hybridized carbons (Fsp3) is 0.500. The Kier molecular flexibility index (Phi) is 5.55. The molecule has 1 aromatic rings. The predicted molar refractivity (Wildman–Crippen MR) is 62.5 cm³/mol. The van der Waals surface area contributed by atoms with Gasteiger partial charge in [-0.1, -0.05) is 0 Å². The summed E-state index contributed by atoms with van der Waals surface area (Å²) in [4.78, 5) is 0. The molecule has 0 radical (unpaired) electrons. The summed E-state index contributed by atoms with van der Waals surface area (Å²) < 4.78 is 1.49. The van der Waals surface area contributed by atoms with Gasteiger partial charge in [0.05, 0.1) is 0 Å². The summed E-state index contributed by atoms with van der Waals surface area (Å²) in [7, 11) is 0. The molecular weight excluding hydrogens is 266 g/mol. The maximum absolute atomic E-state index is 2.28. The van der Waals surface area contributed by atoms with Crippen molar-refractivity contribution in [2.75, 3.05) is 0 Å². The Labute approximate surface area is 95.2 Å². The summed E-state index contributed by atoms with van der Waals surface area (Å²) in [5.41, 5.74) is 1.51. The van der Waals surface area contributed by atoms with Crippen molar-refractivity contribution in [1.29, 1.82) is 0 Å². The van der Waals surface area contributed by atoms with E-state index in [1.54, 1.807) is 0 Å². The zero-order chi connectivity index (χ0) is 9.52. The van der Waals surface area contributed by atoms with Crippen molar-refractivity contribution in [2.45, 2.75) is 39.0 Å². The molecule has 0 saturated carbocycles. The predicted octanol–water partition coefficient (Wildman–Crippen LogP) is 2.07. The minimum atomic E-state index is 1.24. The molecule has 72 valence electrons. The van der Waals surface area contributed by atoms with E-state index in [1.165, 1.54) is 64.2 Å². The van der Waals surface area contributed by atoms with Crippen LogP contribution in [0.15, 0.2) is 24.3 Å².